The molecule has 20 heavy (non-hydrogen) atoms. The van der Waals surface area contributed by atoms with Gasteiger partial charge in [-0.1, -0.05) is 19.4 Å². The van der Waals surface area contributed by atoms with Gasteiger partial charge in [0.1, 0.15) is 11.3 Å². The van der Waals surface area contributed by atoms with E-state index in [1.807, 2.05) is 17.7 Å². The summed E-state index contributed by atoms with van der Waals surface area (Å²) in [6, 6.07) is 5.28. The number of nitrogens with zero attached hydrogens (tertiary/aromatic N) is 2. The van der Waals surface area contributed by atoms with Crippen LogP contribution in [-0.2, 0) is 23.3 Å². The van der Waals surface area contributed by atoms with E-state index in [1.54, 1.807) is 12.1 Å². The number of aryl methyl sites for hydroxylation is 1. The fourth-order valence-corrected chi connectivity index (χ4v) is 3.25. The van der Waals surface area contributed by atoms with Crippen LogP contribution in [0.4, 0.5) is 0 Å². The number of aromatic nitrogens is 2. The summed E-state index contributed by atoms with van der Waals surface area (Å²) in [5, 5.41) is 0. The molecule has 110 valence electrons. The normalized spacial score (nSPS) is 13.8. The summed E-state index contributed by atoms with van der Waals surface area (Å²) in [7, 11) is -1.38. The first-order chi connectivity index (χ1) is 9.34. The molecule has 0 saturated heterocycles. The van der Waals surface area contributed by atoms with Gasteiger partial charge in [-0.15, -0.1) is 0 Å². The molecule has 0 radical (unpaired) electrons. The van der Waals surface area contributed by atoms with Crippen LogP contribution in [0.3, 0.4) is 0 Å². The zero-order valence-electron chi connectivity index (χ0n) is 12.1. The Kier molecular flexibility index (Phi) is 4.15. The number of hydrogen-bond acceptors (Lipinski definition) is 4. The molecule has 0 aliphatic heterocycles. The first-order valence-electron chi connectivity index (χ1n) is 6.74. The number of imidazole rings is 1. The van der Waals surface area contributed by atoms with Gasteiger partial charge < -0.3 is 10.3 Å². The second kappa shape index (κ2) is 5.54. The van der Waals surface area contributed by atoms with Gasteiger partial charge in [0.2, 0.25) is 0 Å². The summed E-state index contributed by atoms with van der Waals surface area (Å²) in [4.78, 5) is 4.78. The van der Waals surface area contributed by atoms with Crippen molar-refractivity contribution in [3.63, 3.8) is 0 Å². The van der Waals surface area contributed by atoms with Crippen molar-refractivity contribution in [3.05, 3.63) is 24.0 Å². The zero-order chi connectivity index (χ0) is 14.9. The molecule has 2 aromatic rings. The molecule has 0 aliphatic rings. The first-order valence-corrected chi connectivity index (χ1v) is 8.63. The van der Waals surface area contributed by atoms with Crippen molar-refractivity contribution in [2.75, 3.05) is 6.26 Å². The average molecular weight is 295 g/mol. The van der Waals surface area contributed by atoms with E-state index < -0.39 is 9.84 Å². The number of fused-ring (bicyclic) bond motifs is 1. The third-order valence-electron chi connectivity index (χ3n) is 3.47. The van der Waals surface area contributed by atoms with E-state index in [-0.39, 0.29) is 10.9 Å². The molecule has 0 bridgehead atoms. The summed E-state index contributed by atoms with van der Waals surface area (Å²) in [6.45, 7) is 2.09. The highest BCUT2D eigenvalue weighted by Crippen LogP contribution is 2.23. The zero-order valence-corrected chi connectivity index (χ0v) is 12.9. The SMILES string of the molecule is CCCC(N)Cc1nc2c(S(C)(=O)=O)cccc2n1C. The van der Waals surface area contributed by atoms with E-state index >= 15 is 0 Å². The molecule has 0 amide bonds. The molecule has 1 heterocycles. The fourth-order valence-electron chi connectivity index (χ4n) is 2.43. The Bertz CT molecular complexity index is 719. The van der Waals surface area contributed by atoms with Crippen molar-refractivity contribution < 1.29 is 8.42 Å². The highest BCUT2D eigenvalue weighted by molar-refractivity contribution is 7.91. The molecule has 5 nitrogen and oxygen atoms in total. The molecule has 6 heteroatoms. The minimum atomic E-state index is -3.28. The summed E-state index contributed by atoms with van der Waals surface area (Å²) in [5.74, 6) is 0.831. The van der Waals surface area contributed by atoms with Gasteiger partial charge in [-0.3, -0.25) is 0 Å². The van der Waals surface area contributed by atoms with Crippen molar-refractivity contribution in [1.29, 1.82) is 0 Å². The molecule has 0 fully saturated rings. The summed E-state index contributed by atoms with van der Waals surface area (Å²) in [6.07, 6.45) is 3.82. The smallest absolute Gasteiger partial charge is 0.177 e. The third kappa shape index (κ3) is 2.86. The molecule has 1 aromatic carbocycles. The molecule has 0 spiro atoms. The Labute approximate surface area is 119 Å². The van der Waals surface area contributed by atoms with Crippen LogP contribution < -0.4 is 5.73 Å². The van der Waals surface area contributed by atoms with Crippen LogP contribution in [0.15, 0.2) is 23.1 Å². The average Bonchev–Trinajstić information content (AvgIpc) is 2.65. The molecule has 2 rings (SSSR count). The van der Waals surface area contributed by atoms with E-state index in [4.69, 9.17) is 5.73 Å². The van der Waals surface area contributed by atoms with E-state index in [9.17, 15) is 8.42 Å². The Balaban J connectivity index is 2.52. The maximum absolute atomic E-state index is 11.8. The Morgan fingerprint density at radius 1 is 1.40 bits per heavy atom. The summed E-state index contributed by atoms with van der Waals surface area (Å²) in [5.41, 5.74) is 7.42. The lowest BCUT2D eigenvalue weighted by Gasteiger charge is -2.09. The van der Waals surface area contributed by atoms with Crippen molar-refractivity contribution in [2.45, 2.75) is 37.1 Å². The highest BCUT2D eigenvalue weighted by atomic mass is 32.2. The minimum Gasteiger partial charge on any atom is -0.331 e. The van der Waals surface area contributed by atoms with Crippen LogP contribution in [0.25, 0.3) is 11.0 Å². The van der Waals surface area contributed by atoms with Crippen molar-refractivity contribution in [2.24, 2.45) is 12.8 Å². The molecular formula is C14H21N3O2S. The number of rotatable bonds is 5. The first kappa shape index (κ1) is 15.0. The van der Waals surface area contributed by atoms with Crippen LogP contribution in [0.2, 0.25) is 0 Å². The van der Waals surface area contributed by atoms with Gasteiger partial charge in [0.25, 0.3) is 0 Å². The number of para-hydroxylation sites is 1. The summed E-state index contributed by atoms with van der Waals surface area (Å²) >= 11 is 0. The van der Waals surface area contributed by atoms with Gasteiger partial charge >= 0.3 is 0 Å². The van der Waals surface area contributed by atoms with Gasteiger partial charge in [-0.05, 0) is 18.6 Å². The van der Waals surface area contributed by atoms with E-state index in [0.717, 1.165) is 24.2 Å². The Morgan fingerprint density at radius 2 is 2.10 bits per heavy atom. The Hall–Kier alpha value is -1.40. The lowest BCUT2D eigenvalue weighted by Crippen LogP contribution is -2.24. The molecule has 1 aromatic heterocycles. The lowest BCUT2D eigenvalue weighted by atomic mass is 10.1. The molecule has 2 N–H and O–H groups in total. The van der Waals surface area contributed by atoms with Gasteiger partial charge in [-0.25, -0.2) is 13.4 Å². The van der Waals surface area contributed by atoms with E-state index in [1.165, 1.54) is 6.26 Å². The minimum absolute atomic E-state index is 0.0530. The van der Waals surface area contributed by atoms with Crippen molar-refractivity contribution >= 4 is 20.9 Å². The van der Waals surface area contributed by atoms with Gasteiger partial charge in [0.15, 0.2) is 9.84 Å². The highest BCUT2D eigenvalue weighted by Gasteiger charge is 2.18. The topological polar surface area (TPSA) is 78.0 Å². The third-order valence-corrected chi connectivity index (χ3v) is 4.60. The second-order valence-electron chi connectivity index (χ2n) is 5.24. The van der Waals surface area contributed by atoms with Gasteiger partial charge in [0, 0.05) is 25.8 Å². The number of sulfone groups is 1. The standard InChI is InChI=1S/C14H21N3O2S/c1-4-6-10(15)9-13-16-14-11(17(13)2)7-5-8-12(14)20(3,18)19/h5,7-8,10H,4,6,9,15H2,1-3H3. The number of nitrogens with two attached hydrogens (primary N) is 1. The monoisotopic (exact) mass is 295 g/mol. The molecule has 1 atom stereocenters. The largest absolute Gasteiger partial charge is 0.331 e. The van der Waals surface area contributed by atoms with E-state index in [2.05, 4.69) is 11.9 Å². The maximum Gasteiger partial charge on any atom is 0.177 e. The van der Waals surface area contributed by atoms with Crippen LogP contribution in [0, 0.1) is 0 Å². The molecule has 0 saturated carbocycles. The maximum atomic E-state index is 11.8. The van der Waals surface area contributed by atoms with Crippen LogP contribution in [0.1, 0.15) is 25.6 Å². The second-order valence-corrected chi connectivity index (χ2v) is 7.22. The van der Waals surface area contributed by atoms with Crippen molar-refractivity contribution in [1.82, 2.24) is 9.55 Å². The number of benzene rings is 1. The Morgan fingerprint density at radius 3 is 2.70 bits per heavy atom. The van der Waals surface area contributed by atoms with E-state index in [0.29, 0.717) is 11.9 Å². The van der Waals surface area contributed by atoms with Gasteiger partial charge in [0.05, 0.1) is 10.4 Å². The van der Waals surface area contributed by atoms with Crippen LogP contribution in [-0.4, -0.2) is 30.3 Å². The van der Waals surface area contributed by atoms with Crippen molar-refractivity contribution in [3.8, 4) is 0 Å². The number of hydrogen-bond donors (Lipinski definition) is 1. The molecular weight excluding hydrogens is 274 g/mol. The predicted octanol–water partition coefficient (Wildman–Crippen LogP) is 1.65. The molecule has 0 aliphatic carbocycles. The quantitative estimate of drug-likeness (QED) is 0.909. The summed E-state index contributed by atoms with van der Waals surface area (Å²) < 4.78 is 25.6. The predicted molar refractivity (Wildman–Crippen MR) is 80.4 cm³/mol. The lowest BCUT2D eigenvalue weighted by molar-refractivity contribution is 0.576. The van der Waals surface area contributed by atoms with Crippen LogP contribution >= 0.6 is 0 Å². The fraction of sp³-hybridized carbons (Fsp3) is 0.500. The van der Waals surface area contributed by atoms with Crippen LogP contribution in [0.5, 0.6) is 0 Å². The van der Waals surface area contributed by atoms with Gasteiger partial charge in [-0.2, -0.15) is 0 Å². The molecule has 1 unspecified atom stereocenters.